The van der Waals surface area contributed by atoms with Crippen molar-refractivity contribution in [2.24, 2.45) is 22.2 Å². The Kier molecular flexibility index (Phi) is 11.5. The highest BCUT2D eigenvalue weighted by molar-refractivity contribution is 5.95. The molecule has 1 saturated heterocycles. The normalized spacial score (nSPS) is 17.1. The zero-order valence-electron chi connectivity index (χ0n) is 20.9. The largest absolute Gasteiger partial charge is 0.481 e. The minimum atomic E-state index is -1.52. The number of carboxylic acids is 2. The molecule has 208 valence electrons. The Balaban J connectivity index is 2.15. The first-order valence-electron chi connectivity index (χ1n) is 12.2. The van der Waals surface area contributed by atoms with Gasteiger partial charge in [-0.3, -0.25) is 24.2 Å². The maximum absolute atomic E-state index is 13.2. The maximum atomic E-state index is 13.2. The molecule has 0 radical (unpaired) electrons. The van der Waals surface area contributed by atoms with Crippen LogP contribution >= 0.6 is 0 Å². The van der Waals surface area contributed by atoms with Gasteiger partial charge in [0.2, 0.25) is 17.7 Å². The van der Waals surface area contributed by atoms with Gasteiger partial charge in [0.05, 0.1) is 12.5 Å². The third kappa shape index (κ3) is 9.35. The van der Waals surface area contributed by atoms with E-state index in [0.717, 1.165) is 5.56 Å². The van der Waals surface area contributed by atoms with Crippen molar-refractivity contribution in [3.8, 4) is 0 Å². The van der Waals surface area contributed by atoms with Crippen LogP contribution in [0, 0.1) is 0 Å². The minimum absolute atomic E-state index is 0.0471. The lowest BCUT2D eigenvalue weighted by molar-refractivity contribution is -0.149. The van der Waals surface area contributed by atoms with E-state index in [-0.39, 0.29) is 44.7 Å². The van der Waals surface area contributed by atoms with Crippen LogP contribution in [-0.2, 0) is 30.4 Å². The van der Waals surface area contributed by atoms with Gasteiger partial charge < -0.3 is 42.9 Å². The Bertz CT molecular complexity index is 1030. The zero-order chi connectivity index (χ0) is 28.2. The van der Waals surface area contributed by atoms with Crippen molar-refractivity contribution >= 4 is 35.6 Å². The van der Waals surface area contributed by atoms with Gasteiger partial charge in [-0.05, 0) is 37.7 Å². The topological polar surface area (TPSA) is 244 Å². The van der Waals surface area contributed by atoms with Crippen LogP contribution in [0.5, 0.6) is 0 Å². The van der Waals surface area contributed by atoms with E-state index in [1.165, 1.54) is 4.90 Å². The first-order chi connectivity index (χ1) is 18.0. The average Bonchev–Trinajstić information content (AvgIpc) is 3.35. The molecular weight excluding hydrogens is 498 g/mol. The van der Waals surface area contributed by atoms with E-state index in [1.54, 1.807) is 30.3 Å². The molecule has 0 saturated carbocycles. The molecule has 0 spiro atoms. The lowest BCUT2D eigenvalue weighted by atomic mass is 10.0. The molecule has 1 aromatic rings. The van der Waals surface area contributed by atoms with Crippen molar-refractivity contribution in [2.75, 3.05) is 13.1 Å². The summed E-state index contributed by atoms with van der Waals surface area (Å²) in [6.45, 7) is 0.341. The lowest BCUT2D eigenvalue weighted by Gasteiger charge is -2.28. The molecule has 38 heavy (non-hydrogen) atoms. The van der Waals surface area contributed by atoms with Crippen LogP contribution in [0.1, 0.15) is 37.7 Å². The lowest BCUT2D eigenvalue weighted by Crippen LogP contribution is -2.57. The molecule has 1 aromatic carbocycles. The van der Waals surface area contributed by atoms with Crippen LogP contribution in [0.15, 0.2) is 35.3 Å². The molecule has 3 amide bonds. The fourth-order valence-electron chi connectivity index (χ4n) is 4.14. The molecule has 10 N–H and O–H groups in total. The molecule has 1 heterocycles. The fraction of sp³-hybridized carbons (Fsp3) is 0.500. The molecule has 2 rings (SSSR count). The number of nitrogens with zero attached hydrogens (tertiary/aromatic N) is 2. The van der Waals surface area contributed by atoms with Crippen molar-refractivity contribution in [3.63, 3.8) is 0 Å². The number of carbonyl (C=O) groups is 5. The molecule has 0 bridgehead atoms. The number of aliphatic imine (C=N–C) groups is 1. The summed E-state index contributed by atoms with van der Waals surface area (Å²) in [7, 11) is 0. The molecule has 14 heteroatoms. The summed E-state index contributed by atoms with van der Waals surface area (Å²) in [6.07, 6.45) is 0.460. The van der Waals surface area contributed by atoms with Crippen LogP contribution in [0.4, 0.5) is 0 Å². The summed E-state index contributed by atoms with van der Waals surface area (Å²) in [5.41, 5.74) is 17.4. The monoisotopic (exact) mass is 533 g/mol. The first-order valence-corrected chi connectivity index (χ1v) is 12.2. The number of nitrogens with one attached hydrogen (secondary N) is 2. The second kappa shape index (κ2) is 14.5. The smallest absolute Gasteiger partial charge is 0.326 e. The number of hydrogen-bond donors (Lipinski definition) is 7. The Morgan fingerprint density at radius 2 is 1.68 bits per heavy atom. The van der Waals surface area contributed by atoms with Crippen LogP contribution in [0.2, 0.25) is 0 Å². The molecule has 1 aliphatic rings. The number of carboxylic acid groups (broad SMARTS) is 2. The van der Waals surface area contributed by atoms with Gasteiger partial charge in [0.1, 0.15) is 18.1 Å². The fourth-order valence-corrected chi connectivity index (χ4v) is 4.14. The molecule has 0 aromatic heterocycles. The van der Waals surface area contributed by atoms with E-state index < -0.39 is 60.2 Å². The number of nitrogens with two attached hydrogens (primary N) is 3. The van der Waals surface area contributed by atoms with E-state index in [9.17, 15) is 34.2 Å². The molecular formula is C24H35N7O7. The van der Waals surface area contributed by atoms with E-state index in [1.807, 2.05) is 0 Å². The van der Waals surface area contributed by atoms with Crippen molar-refractivity contribution in [3.05, 3.63) is 35.9 Å². The molecule has 4 atom stereocenters. The van der Waals surface area contributed by atoms with Gasteiger partial charge in [0.25, 0.3) is 0 Å². The van der Waals surface area contributed by atoms with Crippen LogP contribution in [0.3, 0.4) is 0 Å². The number of rotatable bonds is 14. The number of likely N-dealkylation sites (tertiary alicyclic amines) is 1. The summed E-state index contributed by atoms with van der Waals surface area (Å²) < 4.78 is 0. The van der Waals surface area contributed by atoms with Gasteiger partial charge in [-0.25, -0.2) is 4.79 Å². The molecule has 0 aliphatic carbocycles. The van der Waals surface area contributed by atoms with Gasteiger partial charge in [-0.15, -0.1) is 0 Å². The van der Waals surface area contributed by atoms with E-state index >= 15 is 0 Å². The minimum Gasteiger partial charge on any atom is -0.481 e. The standard InChI is InChI=1S/C24H35N7O7/c25-15(12-14-6-2-1-3-7-14)20(34)30-17(13-19(32)33)21(35)29-16(8-4-10-28-24(26)27)22(36)31-11-5-9-18(31)23(37)38/h1-3,6-7,15-18H,4-5,8-13,25H2,(H,29,35)(H,30,34)(H,32,33)(H,37,38)(H4,26,27,28). The summed E-state index contributed by atoms with van der Waals surface area (Å²) in [4.78, 5) is 67.1. The second-order valence-corrected chi connectivity index (χ2v) is 8.99. The first kappa shape index (κ1) is 30.0. The molecule has 4 unspecified atom stereocenters. The van der Waals surface area contributed by atoms with E-state index in [2.05, 4.69) is 15.6 Å². The average molecular weight is 534 g/mol. The molecule has 1 fully saturated rings. The Labute approximate surface area is 219 Å². The van der Waals surface area contributed by atoms with Gasteiger partial charge in [0, 0.05) is 13.1 Å². The summed E-state index contributed by atoms with van der Waals surface area (Å²) in [6, 6.07) is 4.10. The number of aliphatic carboxylic acids is 2. The highest BCUT2D eigenvalue weighted by Crippen LogP contribution is 2.20. The Hall–Kier alpha value is -4.20. The van der Waals surface area contributed by atoms with Crippen molar-refractivity contribution < 1.29 is 34.2 Å². The van der Waals surface area contributed by atoms with Crippen molar-refractivity contribution in [1.29, 1.82) is 0 Å². The number of hydrogen-bond acceptors (Lipinski definition) is 7. The third-order valence-electron chi connectivity index (χ3n) is 6.03. The predicted octanol–water partition coefficient (Wildman–Crippen LogP) is -1.87. The van der Waals surface area contributed by atoms with Crippen LogP contribution in [-0.4, -0.2) is 88.0 Å². The van der Waals surface area contributed by atoms with Crippen LogP contribution in [0.25, 0.3) is 0 Å². The SMILES string of the molecule is NC(N)=NCCCC(NC(=O)C(CC(=O)O)NC(=O)C(N)Cc1ccccc1)C(=O)N1CCCC1C(=O)O. The quantitative estimate of drug-likeness (QED) is 0.0797. The third-order valence-corrected chi connectivity index (χ3v) is 6.03. The number of benzene rings is 1. The second-order valence-electron chi connectivity index (χ2n) is 8.99. The Morgan fingerprint density at radius 3 is 2.29 bits per heavy atom. The molecule has 1 aliphatic heterocycles. The number of carbonyl (C=O) groups excluding carboxylic acids is 3. The van der Waals surface area contributed by atoms with Gasteiger partial charge in [0.15, 0.2) is 5.96 Å². The highest BCUT2D eigenvalue weighted by Gasteiger charge is 2.38. The number of guanidine groups is 1. The Morgan fingerprint density at radius 1 is 1.03 bits per heavy atom. The highest BCUT2D eigenvalue weighted by atomic mass is 16.4. The summed E-state index contributed by atoms with van der Waals surface area (Å²) in [5.74, 6) is -4.96. The van der Waals surface area contributed by atoms with E-state index in [0.29, 0.717) is 6.42 Å². The van der Waals surface area contributed by atoms with Crippen LogP contribution < -0.4 is 27.8 Å². The van der Waals surface area contributed by atoms with Gasteiger partial charge >= 0.3 is 11.9 Å². The summed E-state index contributed by atoms with van der Waals surface area (Å²) >= 11 is 0. The van der Waals surface area contributed by atoms with Gasteiger partial charge in [-0.2, -0.15) is 0 Å². The van der Waals surface area contributed by atoms with E-state index in [4.69, 9.17) is 17.2 Å². The van der Waals surface area contributed by atoms with Crippen molar-refractivity contribution in [1.82, 2.24) is 15.5 Å². The maximum Gasteiger partial charge on any atom is 0.326 e. The van der Waals surface area contributed by atoms with Gasteiger partial charge in [-0.1, -0.05) is 30.3 Å². The zero-order valence-corrected chi connectivity index (χ0v) is 20.9. The van der Waals surface area contributed by atoms with Crippen molar-refractivity contribution in [2.45, 2.75) is 62.7 Å². The summed E-state index contributed by atoms with van der Waals surface area (Å²) in [5, 5.41) is 23.6. The number of amides is 3. The predicted molar refractivity (Wildman–Crippen MR) is 137 cm³/mol. The molecule has 14 nitrogen and oxygen atoms in total.